The fourth-order valence-corrected chi connectivity index (χ4v) is 3.74. The molecular weight excluding hydrogens is 369 g/mol. The minimum absolute atomic E-state index is 0.200. The summed E-state index contributed by atoms with van der Waals surface area (Å²) in [4.78, 5) is 14.8. The molecule has 0 spiro atoms. The van der Waals surface area contributed by atoms with Crippen LogP contribution in [0.1, 0.15) is 16.7 Å². The van der Waals surface area contributed by atoms with Crippen LogP contribution in [0.2, 0.25) is 10.0 Å². The first-order valence-electron chi connectivity index (χ1n) is 8.44. The highest BCUT2D eigenvalue weighted by atomic mass is 35.5. The van der Waals surface area contributed by atoms with Gasteiger partial charge >= 0.3 is 0 Å². The highest BCUT2D eigenvalue weighted by Gasteiger charge is 2.20. The zero-order valence-electron chi connectivity index (χ0n) is 14.0. The molecule has 0 saturated heterocycles. The second kappa shape index (κ2) is 7.14. The lowest BCUT2D eigenvalue weighted by Crippen LogP contribution is -2.33. The molecule has 2 aromatic carbocycles. The highest BCUT2D eigenvalue weighted by Crippen LogP contribution is 2.27. The van der Waals surface area contributed by atoms with Gasteiger partial charge in [0.25, 0.3) is 5.56 Å². The Balaban J connectivity index is 1.63. The van der Waals surface area contributed by atoms with Gasteiger partial charge in [-0.15, -0.1) is 0 Å². The second-order valence-electron chi connectivity index (χ2n) is 6.34. The van der Waals surface area contributed by atoms with E-state index in [2.05, 4.69) is 28.2 Å². The molecule has 1 aromatic heterocycles. The average Bonchev–Trinajstić information content (AvgIpc) is 2.67. The fourth-order valence-electron chi connectivity index (χ4n) is 3.28. The number of fused-ring (bicyclic) bond motifs is 1. The number of nitrogens with zero attached hydrogens (tertiary/aromatic N) is 3. The van der Waals surface area contributed by atoms with Crippen molar-refractivity contribution < 1.29 is 0 Å². The van der Waals surface area contributed by atoms with E-state index >= 15 is 0 Å². The van der Waals surface area contributed by atoms with Crippen molar-refractivity contribution >= 4 is 28.9 Å². The molecule has 0 amide bonds. The van der Waals surface area contributed by atoms with Crippen molar-refractivity contribution in [3.8, 4) is 0 Å². The van der Waals surface area contributed by atoms with Crippen LogP contribution in [0.25, 0.3) is 0 Å². The average molecular weight is 386 g/mol. The van der Waals surface area contributed by atoms with E-state index in [1.54, 1.807) is 12.3 Å². The molecule has 0 N–H and O–H groups in total. The van der Waals surface area contributed by atoms with Gasteiger partial charge in [0.15, 0.2) is 0 Å². The first-order chi connectivity index (χ1) is 12.6. The van der Waals surface area contributed by atoms with Crippen molar-refractivity contribution in [1.29, 1.82) is 0 Å². The molecule has 1 aliphatic heterocycles. The maximum Gasteiger partial charge on any atom is 0.287 e. The minimum Gasteiger partial charge on any atom is -0.364 e. The summed E-state index contributed by atoms with van der Waals surface area (Å²) in [5, 5.41) is 5.13. The summed E-state index contributed by atoms with van der Waals surface area (Å²) in [6, 6.07) is 15.8. The van der Waals surface area contributed by atoms with Crippen LogP contribution in [0.15, 0.2) is 59.5 Å². The Kier molecular flexibility index (Phi) is 4.70. The van der Waals surface area contributed by atoms with Crippen LogP contribution in [0.5, 0.6) is 0 Å². The largest absolute Gasteiger partial charge is 0.364 e. The monoisotopic (exact) mass is 385 g/mol. The number of hydrogen-bond acceptors (Lipinski definition) is 3. The van der Waals surface area contributed by atoms with E-state index in [1.807, 2.05) is 24.3 Å². The summed E-state index contributed by atoms with van der Waals surface area (Å²) < 4.78 is 1.35. The Bertz CT molecular complexity index is 1020. The molecule has 0 radical (unpaired) electrons. The van der Waals surface area contributed by atoms with Crippen molar-refractivity contribution in [2.75, 3.05) is 11.4 Å². The van der Waals surface area contributed by atoms with Gasteiger partial charge in [-0.3, -0.25) is 4.79 Å². The zero-order valence-corrected chi connectivity index (χ0v) is 15.5. The van der Waals surface area contributed by atoms with Crippen LogP contribution in [0.3, 0.4) is 0 Å². The molecular formula is C20H17Cl2N3O. The topological polar surface area (TPSA) is 38.1 Å². The smallest absolute Gasteiger partial charge is 0.287 e. The van der Waals surface area contributed by atoms with E-state index in [0.29, 0.717) is 17.3 Å². The Morgan fingerprint density at radius 2 is 1.73 bits per heavy atom. The predicted octanol–water partition coefficient (Wildman–Crippen LogP) is 4.16. The quantitative estimate of drug-likeness (QED) is 0.679. The van der Waals surface area contributed by atoms with E-state index in [-0.39, 0.29) is 10.6 Å². The number of halogens is 2. The minimum atomic E-state index is -0.303. The number of anilines is 1. The molecule has 132 valence electrons. The van der Waals surface area contributed by atoms with Crippen molar-refractivity contribution in [2.45, 2.75) is 19.5 Å². The molecule has 3 aromatic rings. The summed E-state index contributed by atoms with van der Waals surface area (Å²) in [5.74, 6) is 0. The van der Waals surface area contributed by atoms with E-state index in [9.17, 15) is 4.79 Å². The van der Waals surface area contributed by atoms with Crippen LogP contribution < -0.4 is 10.5 Å². The van der Waals surface area contributed by atoms with Crippen LogP contribution in [0.4, 0.5) is 5.69 Å². The van der Waals surface area contributed by atoms with Gasteiger partial charge in [-0.1, -0.05) is 65.7 Å². The predicted molar refractivity (Wildman–Crippen MR) is 105 cm³/mol. The molecule has 2 heterocycles. The lowest BCUT2D eigenvalue weighted by Gasteiger charge is -2.31. The fraction of sp³-hybridized carbons (Fsp3) is 0.200. The SMILES string of the molecule is O=c1c(Cl)c(N2CCc3ccccc3C2)cnn1Cc1ccccc1Cl. The summed E-state index contributed by atoms with van der Waals surface area (Å²) in [6.07, 6.45) is 2.60. The molecule has 1 aliphatic rings. The summed E-state index contributed by atoms with van der Waals surface area (Å²) in [7, 11) is 0. The van der Waals surface area contributed by atoms with E-state index in [0.717, 1.165) is 25.1 Å². The Hall–Kier alpha value is -2.30. The molecule has 6 heteroatoms. The third kappa shape index (κ3) is 3.22. The van der Waals surface area contributed by atoms with Gasteiger partial charge in [0.1, 0.15) is 5.02 Å². The molecule has 0 atom stereocenters. The Morgan fingerprint density at radius 3 is 2.54 bits per heavy atom. The number of aromatic nitrogens is 2. The molecule has 0 unspecified atom stereocenters. The van der Waals surface area contributed by atoms with Crippen molar-refractivity contribution in [2.24, 2.45) is 0 Å². The molecule has 0 saturated carbocycles. The number of benzene rings is 2. The van der Waals surface area contributed by atoms with Gasteiger partial charge in [-0.25, -0.2) is 4.68 Å². The molecule has 0 bridgehead atoms. The van der Waals surface area contributed by atoms with Crippen LogP contribution >= 0.6 is 23.2 Å². The van der Waals surface area contributed by atoms with Gasteiger partial charge in [0.05, 0.1) is 18.4 Å². The van der Waals surface area contributed by atoms with Crippen LogP contribution in [-0.2, 0) is 19.5 Å². The number of rotatable bonds is 3. The van der Waals surface area contributed by atoms with Gasteiger partial charge in [0, 0.05) is 18.1 Å². The molecule has 4 nitrogen and oxygen atoms in total. The molecule has 0 fully saturated rings. The van der Waals surface area contributed by atoms with Crippen LogP contribution in [0, 0.1) is 0 Å². The number of hydrogen-bond donors (Lipinski definition) is 0. The summed E-state index contributed by atoms with van der Waals surface area (Å²) >= 11 is 12.6. The first-order valence-corrected chi connectivity index (χ1v) is 9.20. The normalized spacial score (nSPS) is 13.5. The molecule has 26 heavy (non-hydrogen) atoms. The summed E-state index contributed by atoms with van der Waals surface area (Å²) in [5.41, 5.74) is 3.82. The standard InChI is InChI=1S/C20H17Cl2N3O/c21-17-8-4-3-7-16(17)13-25-20(26)19(22)18(11-23-25)24-10-9-14-5-1-2-6-15(14)12-24/h1-8,11H,9-10,12-13H2. The van der Waals surface area contributed by atoms with Gasteiger partial charge in [-0.2, -0.15) is 5.10 Å². The van der Waals surface area contributed by atoms with E-state index in [4.69, 9.17) is 23.2 Å². The molecule has 4 rings (SSSR count). The van der Waals surface area contributed by atoms with Crippen LogP contribution in [-0.4, -0.2) is 16.3 Å². The van der Waals surface area contributed by atoms with E-state index < -0.39 is 0 Å². The first kappa shape index (κ1) is 17.1. The van der Waals surface area contributed by atoms with Gasteiger partial charge in [-0.05, 0) is 29.2 Å². The maximum atomic E-state index is 12.7. The van der Waals surface area contributed by atoms with Gasteiger partial charge < -0.3 is 4.90 Å². The summed E-state index contributed by atoms with van der Waals surface area (Å²) in [6.45, 7) is 1.83. The van der Waals surface area contributed by atoms with E-state index in [1.165, 1.54) is 15.8 Å². The maximum absolute atomic E-state index is 12.7. The van der Waals surface area contributed by atoms with Crippen molar-refractivity contribution in [3.05, 3.63) is 91.8 Å². The Labute approximate surface area is 161 Å². The van der Waals surface area contributed by atoms with Crippen molar-refractivity contribution in [1.82, 2.24) is 9.78 Å². The third-order valence-electron chi connectivity index (χ3n) is 4.72. The highest BCUT2D eigenvalue weighted by molar-refractivity contribution is 6.33. The third-order valence-corrected chi connectivity index (χ3v) is 5.44. The lowest BCUT2D eigenvalue weighted by atomic mass is 10.00. The van der Waals surface area contributed by atoms with Gasteiger partial charge in [0.2, 0.25) is 0 Å². The zero-order chi connectivity index (χ0) is 18.1. The van der Waals surface area contributed by atoms with Crippen molar-refractivity contribution in [3.63, 3.8) is 0 Å². The lowest BCUT2D eigenvalue weighted by molar-refractivity contribution is 0.632. The Morgan fingerprint density at radius 1 is 1.00 bits per heavy atom. The second-order valence-corrected chi connectivity index (χ2v) is 7.12. The molecule has 0 aliphatic carbocycles.